The maximum absolute atomic E-state index is 13.4. The second-order valence-corrected chi connectivity index (χ2v) is 9.88. The minimum atomic E-state index is -0.465. The Bertz CT molecular complexity index is 1180. The summed E-state index contributed by atoms with van der Waals surface area (Å²) in [5.74, 6) is -0.495. The highest BCUT2D eigenvalue weighted by Crippen LogP contribution is 2.43. The first-order chi connectivity index (χ1) is 15.0. The SMILES string of the molecule is Cc1cc2c(cc1/C=C1\C(=O)NC(=S)N(c3ccccc3C)C1=O)[C@H](C)CC(C)(C)N2C. The van der Waals surface area contributed by atoms with Crippen LogP contribution in [-0.2, 0) is 9.59 Å². The first-order valence-electron chi connectivity index (χ1n) is 10.9. The molecule has 2 aromatic rings. The van der Waals surface area contributed by atoms with E-state index in [4.69, 9.17) is 12.2 Å². The fourth-order valence-electron chi connectivity index (χ4n) is 4.74. The van der Waals surface area contributed by atoms with Crippen molar-refractivity contribution in [1.29, 1.82) is 0 Å². The number of thiocarbonyl (C=S) groups is 1. The van der Waals surface area contributed by atoms with Gasteiger partial charge in [0.15, 0.2) is 5.11 Å². The second kappa shape index (κ2) is 7.85. The maximum Gasteiger partial charge on any atom is 0.270 e. The summed E-state index contributed by atoms with van der Waals surface area (Å²) in [7, 11) is 2.13. The number of aryl methyl sites for hydroxylation is 2. The van der Waals surface area contributed by atoms with Gasteiger partial charge in [0.2, 0.25) is 0 Å². The van der Waals surface area contributed by atoms with Gasteiger partial charge >= 0.3 is 0 Å². The van der Waals surface area contributed by atoms with Crippen molar-refractivity contribution in [3.05, 3.63) is 64.2 Å². The van der Waals surface area contributed by atoms with Crippen LogP contribution in [0, 0.1) is 13.8 Å². The third-order valence-electron chi connectivity index (χ3n) is 6.78. The van der Waals surface area contributed by atoms with E-state index in [0.717, 1.165) is 23.1 Å². The highest BCUT2D eigenvalue weighted by atomic mass is 32.1. The van der Waals surface area contributed by atoms with E-state index >= 15 is 0 Å². The Morgan fingerprint density at radius 1 is 1.09 bits per heavy atom. The van der Waals surface area contributed by atoms with Crippen LogP contribution >= 0.6 is 12.2 Å². The molecule has 1 N–H and O–H groups in total. The van der Waals surface area contributed by atoms with E-state index in [1.165, 1.54) is 16.2 Å². The predicted molar refractivity (Wildman–Crippen MR) is 134 cm³/mol. The fraction of sp³-hybridized carbons (Fsp3) is 0.346. The lowest BCUT2D eigenvalue weighted by Gasteiger charge is -2.45. The molecule has 2 amide bonds. The average Bonchev–Trinajstić information content (AvgIpc) is 2.71. The zero-order chi connectivity index (χ0) is 23.4. The van der Waals surface area contributed by atoms with Gasteiger partial charge in [-0.25, -0.2) is 0 Å². The largest absolute Gasteiger partial charge is 0.369 e. The number of para-hydroxylation sites is 1. The van der Waals surface area contributed by atoms with Crippen molar-refractivity contribution in [2.45, 2.75) is 52.5 Å². The number of nitrogens with one attached hydrogen (secondary N) is 1. The van der Waals surface area contributed by atoms with Gasteiger partial charge in [-0.3, -0.25) is 19.8 Å². The van der Waals surface area contributed by atoms with E-state index in [0.29, 0.717) is 11.6 Å². The Morgan fingerprint density at radius 2 is 1.78 bits per heavy atom. The van der Waals surface area contributed by atoms with Crippen LogP contribution in [0.25, 0.3) is 6.08 Å². The predicted octanol–water partition coefficient (Wildman–Crippen LogP) is 4.86. The Morgan fingerprint density at radius 3 is 2.47 bits per heavy atom. The second-order valence-electron chi connectivity index (χ2n) is 9.49. The number of nitrogens with zero attached hydrogens (tertiary/aromatic N) is 2. The van der Waals surface area contributed by atoms with Crippen LogP contribution in [-0.4, -0.2) is 29.5 Å². The van der Waals surface area contributed by atoms with Gasteiger partial charge in [0.25, 0.3) is 11.8 Å². The molecule has 0 unspecified atom stereocenters. The van der Waals surface area contributed by atoms with Gasteiger partial charge in [0.05, 0.1) is 5.69 Å². The van der Waals surface area contributed by atoms with Gasteiger partial charge in [-0.2, -0.15) is 0 Å². The molecule has 2 aliphatic heterocycles. The van der Waals surface area contributed by atoms with Crippen molar-refractivity contribution < 1.29 is 9.59 Å². The fourth-order valence-corrected chi connectivity index (χ4v) is 5.01. The summed E-state index contributed by atoms with van der Waals surface area (Å²) in [6.07, 6.45) is 2.73. The van der Waals surface area contributed by atoms with Crippen LogP contribution < -0.4 is 15.1 Å². The highest BCUT2D eigenvalue weighted by molar-refractivity contribution is 7.80. The van der Waals surface area contributed by atoms with Gasteiger partial charge in [-0.1, -0.05) is 25.1 Å². The summed E-state index contributed by atoms with van der Waals surface area (Å²) in [5.41, 5.74) is 6.07. The number of carbonyl (C=O) groups excluding carboxylic acids is 2. The van der Waals surface area contributed by atoms with Gasteiger partial charge in [-0.15, -0.1) is 0 Å². The molecular weight excluding hydrogens is 418 g/mol. The topological polar surface area (TPSA) is 52.7 Å². The van der Waals surface area contributed by atoms with E-state index in [2.05, 4.69) is 50.2 Å². The lowest BCUT2D eigenvalue weighted by Crippen LogP contribution is -2.54. The van der Waals surface area contributed by atoms with Gasteiger partial charge in [0, 0.05) is 18.3 Å². The Balaban J connectivity index is 1.79. The number of amides is 2. The lowest BCUT2D eigenvalue weighted by atomic mass is 9.79. The summed E-state index contributed by atoms with van der Waals surface area (Å²) in [6.45, 7) is 10.7. The lowest BCUT2D eigenvalue weighted by molar-refractivity contribution is -0.122. The van der Waals surface area contributed by atoms with Crippen LogP contribution in [0.15, 0.2) is 42.0 Å². The van der Waals surface area contributed by atoms with E-state index in [1.807, 2.05) is 38.1 Å². The molecule has 32 heavy (non-hydrogen) atoms. The molecule has 4 rings (SSSR count). The molecule has 166 valence electrons. The van der Waals surface area contributed by atoms with E-state index in [-0.39, 0.29) is 16.2 Å². The molecular formula is C26H29N3O2S. The standard InChI is InChI=1S/C26H29N3O2S/c1-15-9-7-8-10-21(15)29-24(31)20(23(30)27-25(29)32)13-18-12-19-17(3)14-26(4,5)28(6)22(19)11-16(18)2/h7-13,17H,14H2,1-6H3,(H,27,30,32)/b20-13+/t17-/m1/s1. The molecule has 6 heteroatoms. The van der Waals surface area contributed by atoms with Crippen LogP contribution in [0.2, 0.25) is 0 Å². The smallest absolute Gasteiger partial charge is 0.270 e. The molecule has 5 nitrogen and oxygen atoms in total. The van der Waals surface area contributed by atoms with Gasteiger partial charge in [0.1, 0.15) is 5.57 Å². The molecule has 2 heterocycles. The quantitative estimate of drug-likeness (QED) is 0.406. The molecule has 0 spiro atoms. The molecule has 0 radical (unpaired) electrons. The zero-order valence-electron chi connectivity index (χ0n) is 19.4. The molecule has 1 atom stereocenters. The Labute approximate surface area is 195 Å². The summed E-state index contributed by atoms with van der Waals surface area (Å²) >= 11 is 5.34. The zero-order valence-corrected chi connectivity index (χ0v) is 20.3. The molecule has 2 aromatic carbocycles. The van der Waals surface area contributed by atoms with Crippen LogP contribution in [0.4, 0.5) is 11.4 Å². The van der Waals surface area contributed by atoms with Gasteiger partial charge in [-0.05, 0) is 98.8 Å². The number of hydrogen-bond acceptors (Lipinski definition) is 4. The van der Waals surface area contributed by atoms with Crippen molar-refractivity contribution in [2.24, 2.45) is 0 Å². The summed E-state index contributed by atoms with van der Waals surface area (Å²) in [6, 6.07) is 11.8. The first kappa shape index (κ1) is 22.2. The summed E-state index contributed by atoms with van der Waals surface area (Å²) < 4.78 is 0. The van der Waals surface area contributed by atoms with Crippen LogP contribution in [0.3, 0.4) is 0 Å². The van der Waals surface area contributed by atoms with Crippen molar-refractivity contribution in [1.82, 2.24) is 5.32 Å². The minimum Gasteiger partial charge on any atom is -0.369 e. The van der Waals surface area contributed by atoms with Crippen LogP contribution in [0.1, 0.15) is 55.4 Å². The van der Waals surface area contributed by atoms with E-state index in [1.54, 1.807) is 6.08 Å². The average molecular weight is 448 g/mol. The van der Waals surface area contributed by atoms with Crippen molar-refractivity contribution >= 4 is 46.6 Å². The summed E-state index contributed by atoms with van der Waals surface area (Å²) in [5, 5.41) is 2.79. The number of rotatable bonds is 2. The number of benzene rings is 2. The first-order valence-corrected chi connectivity index (χ1v) is 11.3. The monoisotopic (exact) mass is 447 g/mol. The van der Waals surface area contributed by atoms with E-state index < -0.39 is 11.8 Å². The Hall–Kier alpha value is -2.99. The molecule has 0 saturated carbocycles. The third-order valence-corrected chi connectivity index (χ3v) is 7.06. The number of hydrogen-bond donors (Lipinski definition) is 1. The Kier molecular flexibility index (Phi) is 5.45. The molecule has 0 bridgehead atoms. The molecule has 1 fully saturated rings. The molecule has 2 aliphatic rings. The minimum absolute atomic E-state index is 0.0712. The van der Waals surface area contributed by atoms with Crippen molar-refractivity contribution in [2.75, 3.05) is 16.8 Å². The molecule has 0 aliphatic carbocycles. The highest BCUT2D eigenvalue weighted by Gasteiger charge is 2.36. The van der Waals surface area contributed by atoms with Crippen molar-refractivity contribution in [3.63, 3.8) is 0 Å². The van der Waals surface area contributed by atoms with E-state index in [9.17, 15) is 9.59 Å². The molecule has 1 saturated heterocycles. The van der Waals surface area contributed by atoms with Crippen molar-refractivity contribution in [3.8, 4) is 0 Å². The third kappa shape index (κ3) is 3.62. The number of anilines is 2. The number of carbonyl (C=O) groups is 2. The maximum atomic E-state index is 13.4. The van der Waals surface area contributed by atoms with Gasteiger partial charge < -0.3 is 4.90 Å². The van der Waals surface area contributed by atoms with Crippen LogP contribution in [0.5, 0.6) is 0 Å². The summed E-state index contributed by atoms with van der Waals surface area (Å²) in [4.78, 5) is 29.9. The normalized spacial score (nSPS) is 21.6. The molecule has 0 aromatic heterocycles. The number of fused-ring (bicyclic) bond motifs is 1.